The van der Waals surface area contributed by atoms with Gasteiger partial charge in [0.05, 0.1) is 0 Å². The van der Waals surface area contributed by atoms with Gasteiger partial charge >= 0.3 is 0 Å². The second-order valence-corrected chi connectivity index (χ2v) is 3.51. The second kappa shape index (κ2) is 3.82. The Kier molecular flexibility index (Phi) is 2.53. The van der Waals surface area contributed by atoms with Gasteiger partial charge in [0.25, 0.3) is 0 Å². The number of hydrogen-bond acceptors (Lipinski definition) is 2. The zero-order valence-electron chi connectivity index (χ0n) is 8.71. The Labute approximate surface area is 84.0 Å². The topological polar surface area (TPSA) is 26.0 Å². The van der Waals surface area contributed by atoms with Gasteiger partial charge in [0.2, 0.25) is 0 Å². The average molecular weight is 189 g/mol. The molecule has 0 atom stereocenters. The van der Waals surface area contributed by atoms with Gasteiger partial charge in [-0.05, 0) is 30.5 Å². The highest BCUT2D eigenvalue weighted by atomic mass is 16.3. The number of nitrogens with zero attached hydrogens (tertiary/aromatic N) is 1. The minimum Gasteiger partial charge on any atom is -0.441 e. The third-order valence-electron chi connectivity index (χ3n) is 2.37. The van der Waals surface area contributed by atoms with E-state index in [0.717, 1.165) is 36.3 Å². The first-order valence-corrected chi connectivity index (χ1v) is 5.21. The molecule has 2 heteroatoms. The molecule has 14 heavy (non-hydrogen) atoms. The first kappa shape index (κ1) is 9.25. The van der Waals surface area contributed by atoms with E-state index in [4.69, 9.17) is 4.42 Å². The van der Waals surface area contributed by atoms with Crippen molar-refractivity contribution in [2.45, 2.75) is 33.1 Å². The monoisotopic (exact) mass is 189 g/mol. The fraction of sp³-hybridized carbons (Fsp3) is 0.417. The molecule has 0 N–H and O–H groups in total. The van der Waals surface area contributed by atoms with Crippen LogP contribution in [0.4, 0.5) is 0 Å². The van der Waals surface area contributed by atoms with E-state index >= 15 is 0 Å². The molecule has 0 aliphatic rings. The summed E-state index contributed by atoms with van der Waals surface area (Å²) in [5.74, 6) is 0.857. The maximum absolute atomic E-state index is 5.60. The van der Waals surface area contributed by atoms with Crippen molar-refractivity contribution >= 4 is 11.1 Å². The summed E-state index contributed by atoms with van der Waals surface area (Å²) in [7, 11) is 0. The number of rotatable bonds is 3. The summed E-state index contributed by atoms with van der Waals surface area (Å²) in [6.45, 7) is 4.28. The van der Waals surface area contributed by atoms with E-state index in [-0.39, 0.29) is 0 Å². The van der Waals surface area contributed by atoms with Crippen molar-refractivity contribution in [3.05, 3.63) is 29.7 Å². The first-order chi connectivity index (χ1) is 6.83. The lowest BCUT2D eigenvalue weighted by atomic mass is 10.1. The van der Waals surface area contributed by atoms with Crippen LogP contribution in [0.3, 0.4) is 0 Å². The van der Waals surface area contributed by atoms with Crippen LogP contribution in [0.15, 0.2) is 22.6 Å². The molecule has 0 amide bonds. The predicted octanol–water partition coefficient (Wildman–Crippen LogP) is 3.34. The Hall–Kier alpha value is -1.31. The van der Waals surface area contributed by atoms with Crippen molar-refractivity contribution in [1.29, 1.82) is 0 Å². The van der Waals surface area contributed by atoms with Crippen molar-refractivity contribution in [2.75, 3.05) is 0 Å². The molecule has 1 heterocycles. The lowest BCUT2D eigenvalue weighted by molar-refractivity contribution is 0.525. The summed E-state index contributed by atoms with van der Waals surface area (Å²) in [5.41, 5.74) is 3.22. The van der Waals surface area contributed by atoms with Crippen LogP contribution in [-0.4, -0.2) is 4.98 Å². The number of aromatic nitrogens is 1. The third kappa shape index (κ3) is 1.65. The van der Waals surface area contributed by atoms with Crippen molar-refractivity contribution in [2.24, 2.45) is 0 Å². The van der Waals surface area contributed by atoms with E-state index in [1.807, 2.05) is 6.07 Å². The normalized spacial score (nSPS) is 11.0. The molecule has 0 aliphatic carbocycles. The van der Waals surface area contributed by atoms with Crippen LogP contribution in [0.1, 0.15) is 31.7 Å². The first-order valence-electron chi connectivity index (χ1n) is 5.21. The quantitative estimate of drug-likeness (QED) is 0.740. The van der Waals surface area contributed by atoms with Crippen molar-refractivity contribution in [3.63, 3.8) is 0 Å². The molecule has 0 radical (unpaired) electrons. The number of aryl methyl sites for hydroxylation is 2. The standard InChI is InChI=1S/C12H15NO/c1-3-5-12-13-10-8-9(4-2)6-7-11(10)14-12/h6-8H,3-5H2,1-2H3. The fourth-order valence-corrected chi connectivity index (χ4v) is 1.56. The highest BCUT2D eigenvalue weighted by Gasteiger charge is 2.04. The summed E-state index contributed by atoms with van der Waals surface area (Å²) in [6.07, 6.45) is 3.05. The summed E-state index contributed by atoms with van der Waals surface area (Å²) < 4.78 is 5.60. The Morgan fingerprint density at radius 1 is 1.29 bits per heavy atom. The van der Waals surface area contributed by atoms with Gasteiger partial charge in [-0.25, -0.2) is 4.98 Å². The molecular weight excluding hydrogens is 174 g/mol. The molecule has 2 rings (SSSR count). The van der Waals surface area contributed by atoms with Gasteiger partial charge < -0.3 is 4.42 Å². The Bertz CT molecular complexity index is 431. The molecule has 0 bridgehead atoms. The summed E-state index contributed by atoms with van der Waals surface area (Å²) in [4.78, 5) is 4.44. The molecule has 0 fully saturated rings. The Morgan fingerprint density at radius 3 is 2.86 bits per heavy atom. The van der Waals surface area contributed by atoms with E-state index in [0.29, 0.717) is 0 Å². The van der Waals surface area contributed by atoms with Gasteiger partial charge in [0, 0.05) is 6.42 Å². The van der Waals surface area contributed by atoms with Gasteiger partial charge in [0.15, 0.2) is 11.5 Å². The molecule has 0 saturated carbocycles. The largest absolute Gasteiger partial charge is 0.441 e. The Morgan fingerprint density at radius 2 is 2.14 bits per heavy atom. The average Bonchev–Trinajstić information content (AvgIpc) is 2.59. The van der Waals surface area contributed by atoms with E-state index in [1.54, 1.807) is 0 Å². The zero-order chi connectivity index (χ0) is 9.97. The summed E-state index contributed by atoms with van der Waals surface area (Å²) in [6, 6.07) is 6.22. The molecule has 1 aromatic heterocycles. The number of fused-ring (bicyclic) bond motifs is 1. The smallest absolute Gasteiger partial charge is 0.195 e. The molecule has 0 aliphatic heterocycles. The van der Waals surface area contributed by atoms with E-state index in [2.05, 4.69) is 31.0 Å². The van der Waals surface area contributed by atoms with Crippen LogP contribution in [0.5, 0.6) is 0 Å². The summed E-state index contributed by atoms with van der Waals surface area (Å²) in [5, 5.41) is 0. The van der Waals surface area contributed by atoms with Crippen LogP contribution in [0.2, 0.25) is 0 Å². The molecular formula is C12H15NO. The molecule has 2 nitrogen and oxygen atoms in total. The molecule has 74 valence electrons. The lowest BCUT2D eigenvalue weighted by Crippen LogP contribution is -1.81. The molecule has 0 saturated heterocycles. The predicted molar refractivity (Wildman–Crippen MR) is 57.4 cm³/mol. The highest BCUT2D eigenvalue weighted by Crippen LogP contribution is 2.18. The maximum Gasteiger partial charge on any atom is 0.195 e. The van der Waals surface area contributed by atoms with Gasteiger partial charge in [-0.15, -0.1) is 0 Å². The van der Waals surface area contributed by atoms with Gasteiger partial charge in [-0.3, -0.25) is 0 Å². The number of benzene rings is 1. The SMILES string of the molecule is CCCc1nc2cc(CC)ccc2o1. The zero-order valence-corrected chi connectivity index (χ0v) is 8.71. The van der Waals surface area contributed by atoms with Gasteiger partial charge in [-0.2, -0.15) is 0 Å². The second-order valence-electron chi connectivity index (χ2n) is 3.51. The minimum absolute atomic E-state index is 0.857. The number of hydrogen-bond donors (Lipinski definition) is 0. The molecule has 0 spiro atoms. The Balaban J connectivity index is 2.43. The van der Waals surface area contributed by atoms with Crippen molar-refractivity contribution in [3.8, 4) is 0 Å². The molecule has 0 unspecified atom stereocenters. The van der Waals surface area contributed by atoms with Crippen LogP contribution < -0.4 is 0 Å². The van der Waals surface area contributed by atoms with E-state index in [1.165, 1.54) is 5.56 Å². The minimum atomic E-state index is 0.857. The van der Waals surface area contributed by atoms with Gasteiger partial charge in [-0.1, -0.05) is 19.9 Å². The van der Waals surface area contributed by atoms with Crippen molar-refractivity contribution in [1.82, 2.24) is 4.98 Å². The third-order valence-corrected chi connectivity index (χ3v) is 2.37. The fourth-order valence-electron chi connectivity index (χ4n) is 1.56. The van der Waals surface area contributed by atoms with Crippen LogP contribution in [0.25, 0.3) is 11.1 Å². The molecule has 1 aromatic carbocycles. The highest BCUT2D eigenvalue weighted by molar-refractivity contribution is 5.73. The van der Waals surface area contributed by atoms with Crippen LogP contribution in [0, 0.1) is 0 Å². The number of oxazole rings is 1. The summed E-state index contributed by atoms with van der Waals surface area (Å²) >= 11 is 0. The van der Waals surface area contributed by atoms with Crippen LogP contribution >= 0.6 is 0 Å². The van der Waals surface area contributed by atoms with E-state index < -0.39 is 0 Å². The molecule has 2 aromatic rings. The lowest BCUT2D eigenvalue weighted by Gasteiger charge is -1.92. The van der Waals surface area contributed by atoms with E-state index in [9.17, 15) is 0 Å². The maximum atomic E-state index is 5.60. The van der Waals surface area contributed by atoms with Crippen molar-refractivity contribution < 1.29 is 4.42 Å². The van der Waals surface area contributed by atoms with Crippen LogP contribution in [-0.2, 0) is 12.8 Å². The van der Waals surface area contributed by atoms with Gasteiger partial charge in [0.1, 0.15) is 5.52 Å².